The molecule has 3 aromatic heterocycles. The van der Waals surface area contributed by atoms with Crippen LogP contribution in [0.4, 0.5) is 0 Å². The van der Waals surface area contributed by atoms with E-state index in [0.717, 1.165) is 11.3 Å². The summed E-state index contributed by atoms with van der Waals surface area (Å²) in [6.07, 6.45) is 10.9. The smallest absolute Gasteiger partial charge is 0.117 e. The molecular weight excluding hydrogens is 204 g/mol. The molecule has 0 saturated heterocycles. The third kappa shape index (κ3) is 1.40. The Morgan fingerprint density at radius 3 is 2.81 bits per heavy atom. The van der Waals surface area contributed by atoms with Crippen LogP contribution in [0.25, 0.3) is 11.3 Å². The standard InChI is InChI=1S/C10H10N6/c1-14-6-9(5-13-14)10-7-15(8-11-10)16-4-2-3-12-16/h2-8H,1H3. The lowest BCUT2D eigenvalue weighted by Gasteiger charge is -1.98. The van der Waals surface area contributed by atoms with E-state index in [4.69, 9.17) is 0 Å². The van der Waals surface area contributed by atoms with Gasteiger partial charge in [-0.05, 0) is 6.07 Å². The van der Waals surface area contributed by atoms with Gasteiger partial charge >= 0.3 is 0 Å². The number of imidazole rings is 1. The third-order valence-electron chi connectivity index (χ3n) is 2.30. The minimum atomic E-state index is 0.878. The molecule has 0 aliphatic rings. The quantitative estimate of drug-likeness (QED) is 0.633. The van der Waals surface area contributed by atoms with Crippen LogP contribution in [0.3, 0.4) is 0 Å². The van der Waals surface area contributed by atoms with E-state index in [1.54, 1.807) is 28.2 Å². The highest BCUT2D eigenvalue weighted by molar-refractivity contribution is 5.55. The van der Waals surface area contributed by atoms with Crippen molar-refractivity contribution in [2.45, 2.75) is 0 Å². The number of rotatable bonds is 2. The molecule has 0 N–H and O–H groups in total. The lowest BCUT2D eigenvalue weighted by atomic mass is 10.3. The molecule has 6 nitrogen and oxygen atoms in total. The molecule has 16 heavy (non-hydrogen) atoms. The van der Waals surface area contributed by atoms with Crippen LogP contribution in [-0.4, -0.2) is 29.3 Å². The van der Waals surface area contributed by atoms with Crippen molar-refractivity contribution in [2.75, 3.05) is 0 Å². The lowest BCUT2D eigenvalue weighted by Crippen LogP contribution is -2.05. The highest BCUT2D eigenvalue weighted by atomic mass is 15.6. The largest absolute Gasteiger partial charge is 0.275 e. The summed E-state index contributed by atoms with van der Waals surface area (Å²) >= 11 is 0. The minimum Gasteiger partial charge on any atom is -0.275 e. The summed E-state index contributed by atoms with van der Waals surface area (Å²) in [4.78, 5) is 6.01. The van der Waals surface area contributed by atoms with Gasteiger partial charge in [-0.25, -0.2) is 9.66 Å². The van der Waals surface area contributed by atoms with E-state index in [0.29, 0.717) is 0 Å². The fourth-order valence-corrected chi connectivity index (χ4v) is 1.53. The molecule has 6 heteroatoms. The van der Waals surface area contributed by atoms with Crippen molar-refractivity contribution in [3.63, 3.8) is 0 Å². The molecule has 0 fully saturated rings. The monoisotopic (exact) mass is 214 g/mol. The minimum absolute atomic E-state index is 0.878. The van der Waals surface area contributed by atoms with Crippen LogP contribution in [0.1, 0.15) is 0 Å². The van der Waals surface area contributed by atoms with Crippen LogP contribution in [0, 0.1) is 0 Å². The van der Waals surface area contributed by atoms with Crippen molar-refractivity contribution < 1.29 is 0 Å². The first-order valence-electron chi connectivity index (χ1n) is 4.86. The molecule has 0 bridgehead atoms. The first-order valence-corrected chi connectivity index (χ1v) is 4.86. The van der Waals surface area contributed by atoms with Gasteiger partial charge in [0.15, 0.2) is 0 Å². The van der Waals surface area contributed by atoms with E-state index >= 15 is 0 Å². The summed E-state index contributed by atoms with van der Waals surface area (Å²) in [7, 11) is 1.88. The van der Waals surface area contributed by atoms with Crippen LogP contribution in [0.2, 0.25) is 0 Å². The number of aryl methyl sites for hydroxylation is 1. The van der Waals surface area contributed by atoms with E-state index < -0.39 is 0 Å². The molecule has 3 rings (SSSR count). The fraction of sp³-hybridized carbons (Fsp3) is 0.100. The molecule has 0 aromatic carbocycles. The molecule has 3 aromatic rings. The summed E-state index contributed by atoms with van der Waals surface area (Å²) in [6, 6.07) is 1.86. The summed E-state index contributed by atoms with van der Waals surface area (Å²) < 4.78 is 3.56. The molecule has 0 radical (unpaired) electrons. The summed E-state index contributed by atoms with van der Waals surface area (Å²) in [5.74, 6) is 0. The Morgan fingerprint density at radius 1 is 1.19 bits per heavy atom. The van der Waals surface area contributed by atoms with E-state index in [1.165, 1.54) is 0 Å². The molecular formula is C10H10N6. The van der Waals surface area contributed by atoms with Gasteiger partial charge in [0.1, 0.15) is 6.33 Å². The second-order valence-corrected chi connectivity index (χ2v) is 3.47. The van der Waals surface area contributed by atoms with E-state index in [9.17, 15) is 0 Å². The Kier molecular flexibility index (Phi) is 1.86. The van der Waals surface area contributed by atoms with Crippen molar-refractivity contribution in [3.8, 4) is 11.3 Å². The SMILES string of the molecule is Cn1cc(-c2cn(-n3cccn3)cn2)cn1. The van der Waals surface area contributed by atoms with Gasteiger partial charge in [0.05, 0.1) is 24.3 Å². The molecule has 0 unspecified atom stereocenters. The summed E-state index contributed by atoms with van der Waals surface area (Å²) in [6.45, 7) is 0. The van der Waals surface area contributed by atoms with Gasteiger partial charge in [0.25, 0.3) is 0 Å². The van der Waals surface area contributed by atoms with Crippen LogP contribution in [0.5, 0.6) is 0 Å². The Hall–Kier alpha value is -2.37. The van der Waals surface area contributed by atoms with Gasteiger partial charge in [-0.15, -0.1) is 0 Å². The number of aromatic nitrogens is 6. The molecule has 0 amide bonds. The molecule has 80 valence electrons. The maximum atomic E-state index is 4.30. The zero-order chi connectivity index (χ0) is 11.0. The summed E-state index contributed by atoms with van der Waals surface area (Å²) in [5.41, 5.74) is 1.87. The maximum Gasteiger partial charge on any atom is 0.117 e. The van der Waals surface area contributed by atoms with Crippen LogP contribution >= 0.6 is 0 Å². The highest BCUT2D eigenvalue weighted by Gasteiger charge is 2.04. The van der Waals surface area contributed by atoms with Crippen LogP contribution < -0.4 is 0 Å². The third-order valence-corrected chi connectivity index (χ3v) is 2.30. The normalized spacial score (nSPS) is 10.8. The number of hydrogen-bond donors (Lipinski definition) is 0. The Balaban J connectivity index is 2.00. The van der Waals surface area contributed by atoms with E-state index in [-0.39, 0.29) is 0 Å². The summed E-state index contributed by atoms with van der Waals surface area (Å²) in [5, 5.41) is 8.23. The maximum absolute atomic E-state index is 4.30. The van der Waals surface area contributed by atoms with Gasteiger partial charge in [0, 0.05) is 25.0 Å². The zero-order valence-electron chi connectivity index (χ0n) is 8.72. The second-order valence-electron chi connectivity index (χ2n) is 3.47. The first-order chi connectivity index (χ1) is 7.83. The van der Waals surface area contributed by atoms with Gasteiger partial charge in [-0.2, -0.15) is 15.0 Å². The number of nitrogens with zero attached hydrogens (tertiary/aromatic N) is 6. The molecule has 3 heterocycles. The molecule has 0 aliphatic heterocycles. The Bertz CT molecular complexity index is 588. The molecule has 0 atom stereocenters. The van der Waals surface area contributed by atoms with E-state index in [1.807, 2.05) is 36.4 Å². The highest BCUT2D eigenvalue weighted by Crippen LogP contribution is 2.14. The number of hydrogen-bond acceptors (Lipinski definition) is 3. The van der Waals surface area contributed by atoms with Crippen molar-refractivity contribution in [1.82, 2.24) is 29.3 Å². The average Bonchev–Trinajstić information content (AvgIpc) is 2.97. The first kappa shape index (κ1) is 8.90. The van der Waals surface area contributed by atoms with Gasteiger partial charge in [-0.1, -0.05) is 0 Å². The Morgan fingerprint density at radius 2 is 2.12 bits per heavy atom. The van der Waals surface area contributed by atoms with Gasteiger partial charge in [0.2, 0.25) is 0 Å². The molecule has 0 aliphatic carbocycles. The van der Waals surface area contributed by atoms with Crippen molar-refractivity contribution >= 4 is 0 Å². The van der Waals surface area contributed by atoms with E-state index in [2.05, 4.69) is 15.2 Å². The average molecular weight is 214 g/mol. The molecule has 0 spiro atoms. The van der Waals surface area contributed by atoms with Crippen molar-refractivity contribution in [1.29, 1.82) is 0 Å². The van der Waals surface area contributed by atoms with Crippen molar-refractivity contribution in [2.24, 2.45) is 7.05 Å². The van der Waals surface area contributed by atoms with Gasteiger partial charge < -0.3 is 0 Å². The topological polar surface area (TPSA) is 53.5 Å². The predicted octanol–water partition coefficient (Wildman–Crippen LogP) is 0.791. The van der Waals surface area contributed by atoms with Crippen LogP contribution in [0.15, 0.2) is 43.4 Å². The fourth-order valence-electron chi connectivity index (χ4n) is 1.53. The van der Waals surface area contributed by atoms with Crippen molar-refractivity contribution in [3.05, 3.63) is 43.4 Å². The Labute approximate surface area is 91.7 Å². The lowest BCUT2D eigenvalue weighted by molar-refractivity contribution is 0.573. The second kappa shape index (κ2) is 3.34. The van der Waals surface area contributed by atoms with Gasteiger partial charge in [-0.3, -0.25) is 4.68 Å². The molecule has 0 saturated carbocycles. The van der Waals surface area contributed by atoms with Crippen LogP contribution in [-0.2, 0) is 7.05 Å². The zero-order valence-corrected chi connectivity index (χ0v) is 8.72. The predicted molar refractivity (Wildman–Crippen MR) is 57.5 cm³/mol.